The summed E-state index contributed by atoms with van der Waals surface area (Å²) in [4.78, 5) is 23.7. The van der Waals surface area contributed by atoms with Gasteiger partial charge in [-0.25, -0.2) is 4.79 Å². The van der Waals surface area contributed by atoms with Crippen LogP contribution < -0.4 is 5.32 Å². The average Bonchev–Trinajstić information content (AvgIpc) is 2.37. The van der Waals surface area contributed by atoms with E-state index >= 15 is 0 Å². The van der Waals surface area contributed by atoms with Crippen LogP contribution in [0, 0.1) is 18.9 Å². The minimum absolute atomic E-state index is 0. The Kier molecular flexibility index (Phi) is 7.76. The van der Waals surface area contributed by atoms with Crippen molar-refractivity contribution in [2.24, 2.45) is 5.92 Å². The second-order valence-electron chi connectivity index (χ2n) is 5.64. The van der Waals surface area contributed by atoms with Crippen LogP contribution in [0.5, 0.6) is 0 Å². The van der Waals surface area contributed by atoms with E-state index in [0.717, 1.165) is 11.1 Å². The number of carboxylic acids is 1. The molecule has 1 aromatic rings. The smallest absolute Gasteiger partial charge is 0.329 e. The fourth-order valence-electron chi connectivity index (χ4n) is 1.94. The van der Waals surface area contributed by atoms with Crippen LogP contribution >= 0.6 is 0 Å². The zero-order valence-electron chi connectivity index (χ0n) is 13.2. The molecule has 5 heteroatoms. The molecular formula is C16H22NO3Y-. The van der Waals surface area contributed by atoms with Crippen LogP contribution in [0.15, 0.2) is 18.2 Å². The Bertz CT molecular complexity index is 516. The first-order chi connectivity index (χ1) is 9.20. The third kappa shape index (κ3) is 4.62. The summed E-state index contributed by atoms with van der Waals surface area (Å²) in [5, 5.41) is 12.0. The van der Waals surface area contributed by atoms with Gasteiger partial charge in [-0.05, 0) is 12.8 Å². The molecule has 1 amide bonds. The van der Waals surface area contributed by atoms with Gasteiger partial charge in [-0.15, -0.1) is 5.56 Å². The Balaban J connectivity index is 0.00000400. The summed E-state index contributed by atoms with van der Waals surface area (Å²) in [6, 6.07) is 8.58. The molecule has 0 bridgehead atoms. The topological polar surface area (TPSA) is 66.4 Å². The number of benzene rings is 1. The van der Waals surface area contributed by atoms with E-state index in [0.29, 0.717) is 0 Å². The normalized spacial score (nSPS) is 14.8. The first-order valence-electron chi connectivity index (χ1n) is 6.72. The van der Waals surface area contributed by atoms with E-state index in [1.165, 1.54) is 6.92 Å². The van der Waals surface area contributed by atoms with Crippen molar-refractivity contribution in [3.05, 3.63) is 35.4 Å². The van der Waals surface area contributed by atoms with Gasteiger partial charge >= 0.3 is 5.97 Å². The maximum absolute atomic E-state index is 12.3. The van der Waals surface area contributed by atoms with Crippen molar-refractivity contribution in [2.75, 3.05) is 0 Å². The van der Waals surface area contributed by atoms with Crippen LogP contribution in [-0.4, -0.2) is 22.5 Å². The quantitative estimate of drug-likeness (QED) is 0.788. The molecule has 2 N–H and O–H groups in total. The Morgan fingerprint density at radius 3 is 2.33 bits per heavy atom. The van der Waals surface area contributed by atoms with Crippen molar-refractivity contribution in [2.45, 2.75) is 46.1 Å². The number of hydrogen-bond donors (Lipinski definition) is 2. The molecule has 1 radical (unpaired) electrons. The molecule has 113 valence electrons. The van der Waals surface area contributed by atoms with Gasteiger partial charge < -0.3 is 10.4 Å². The van der Waals surface area contributed by atoms with Gasteiger partial charge in [0.15, 0.2) is 0 Å². The summed E-state index contributed by atoms with van der Waals surface area (Å²) in [5.41, 5.74) is 0.492. The van der Waals surface area contributed by atoms with Gasteiger partial charge in [-0.2, -0.15) is 29.8 Å². The maximum Gasteiger partial charge on any atom is 0.329 e. The number of carbonyl (C=O) groups excluding carboxylic acids is 1. The van der Waals surface area contributed by atoms with E-state index in [1.54, 1.807) is 26.8 Å². The van der Waals surface area contributed by atoms with Gasteiger partial charge in [0.05, 0.1) is 0 Å². The number of carbonyl (C=O) groups is 2. The number of amides is 1. The molecule has 2 atom stereocenters. The molecule has 2 unspecified atom stereocenters. The summed E-state index contributed by atoms with van der Waals surface area (Å²) in [7, 11) is 0. The number of nitrogens with one attached hydrogen (secondary N) is 1. The molecule has 0 heterocycles. The summed E-state index contributed by atoms with van der Waals surface area (Å²) in [6.45, 7) is 8.76. The number of rotatable bonds is 5. The zero-order chi connectivity index (χ0) is 15.5. The van der Waals surface area contributed by atoms with Crippen molar-refractivity contribution in [3.8, 4) is 0 Å². The Labute approximate surface area is 151 Å². The van der Waals surface area contributed by atoms with Gasteiger partial charge in [0.2, 0.25) is 5.91 Å². The summed E-state index contributed by atoms with van der Waals surface area (Å²) in [6.07, 6.45) is 0. The van der Waals surface area contributed by atoms with Gasteiger partial charge in [0.1, 0.15) is 5.54 Å². The second kappa shape index (κ2) is 8.04. The summed E-state index contributed by atoms with van der Waals surface area (Å²) < 4.78 is 0. The van der Waals surface area contributed by atoms with Gasteiger partial charge in [-0.3, -0.25) is 4.79 Å². The van der Waals surface area contributed by atoms with Crippen molar-refractivity contribution < 1.29 is 47.4 Å². The molecule has 0 aliphatic carbocycles. The molecule has 0 fully saturated rings. The van der Waals surface area contributed by atoms with E-state index in [4.69, 9.17) is 0 Å². The Morgan fingerprint density at radius 1 is 1.33 bits per heavy atom. The fraction of sp³-hybridized carbons (Fsp3) is 0.500. The van der Waals surface area contributed by atoms with Crippen LogP contribution in [0.3, 0.4) is 0 Å². The molecule has 0 aromatic heterocycles. The second-order valence-corrected chi connectivity index (χ2v) is 5.64. The number of hydrogen-bond acceptors (Lipinski definition) is 2. The van der Waals surface area contributed by atoms with Crippen LogP contribution in [-0.2, 0) is 42.3 Å². The first-order valence-corrected chi connectivity index (χ1v) is 6.72. The number of carboxylic acid groups (broad SMARTS) is 1. The first kappa shape index (κ1) is 20.3. The van der Waals surface area contributed by atoms with E-state index in [1.807, 2.05) is 19.1 Å². The van der Waals surface area contributed by atoms with Gasteiger partial charge in [-0.1, -0.05) is 27.7 Å². The Hall–Kier alpha value is -0.736. The monoisotopic (exact) mass is 365 g/mol. The standard InChI is InChI=1S/C16H22NO3.Y/c1-10(2)16(5,15(19)20)17-14(18)12(4)13-9-7-6-8-11(13)3;/h6-8,10,12H,1-5H3,(H,17,18)(H,19,20);/q-1;. The van der Waals surface area contributed by atoms with Crippen molar-refractivity contribution in [1.29, 1.82) is 0 Å². The third-order valence-electron chi connectivity index (χ3n) is 3.91. The largest absolute Gasteiger partial charge is 0.480 e. The van der Waals surface area contributed by atoms with E-state index < -0.39 is 17.4 Å². The van der Waals surface area contributed by atoms with Gasteiger partial charge in [0, 0.05) is 38.6 Å². The van der Waals surface area contributed by atoms with Crippen LogP contribution in [0.1, 0.15) is 44.7 Å². The predicted octanol–water partition coefficient (Wildman–Crippen LogP) is 2.51. The predicted molar refractivity (Wildman–Crippen MR) is 77.5 cm³/mol. The number of aliphatic carboxylic acids is 1. The van der Waals surface area contributed by atoms with Crippen molar-refractivity contribution >= 4 is 11.9 Å². The molecule has 1 aromatic carbocycles. The van der Waals surface area contributed by atoms with Gasteiger partial charge in [0.25, 0.3) is 0 Å². The van der Waals surface area contributed by atoms with Crippen molar-refractivity contribution in [1.82, 2.24) is 5.32 Å². The summed E-state index contributed by atoms with van der Waals surface area (Å²) in [5.74, 6) is -1.97. The molecule has 0 spiro atoms. The molecule has 0 aliphatic rings. The molecule has 0 saturated carbocycles. The number of aryl methyl sites for hydroxylation is 1. The minimum Gasteiger partial charge on any atom is -0.480 e. The Morgan fingerprint density at radius 2 is 1.90 bits per heavy atom. The molecule has 21 heavy (non-hydrogen) atoms. The van der Waals surface area contributed by atoms with Crippen LogP contribution in [0.2, 0.25) is 0 Å². The zero-order valence-corrected chi connectivity index (χ0v) is 16.1. The third-order valence-corrected chi connectivity index (χ3v) is 3.91. The maximum atomic E-state index is 12.3. The van der Waals surface area contributed by atoms with Crippen LogP contribution in [0.4, 0.5) is 0 Å². The van der Waals surface area contributed by atoms with E-state index in [-0.39, 0.29) is 44.5 Å². The molecule has 4 nitrogen and oxygen atoms in total. The average molecular weight is 365 g/mol. The molecule has 1 rings (SSSR count). The summed E-state index contributed by atoms with van der Waals surface area (Å²) >= 11 is 0. The molecular weight excluding hydrogens is 343 g/mol. The fourth-order valence-corrected chi connectivity index (χ4v) is 1.94. The van der Waals surface area contributed by atoms with Crippen molar-refractivity contribution in [3.63, 3.8) is 0 Å². The van der Waals surface area contributed by atoms with Crippen LogP contribution in [0.25, 0.3) is 0 Å². The SMILES string of the molecule is Cc1ccc[c-]c1C(C)C(=O)NC(C)(C(=O)O)C(C)C.[Y]. The molecule has 0 saturated heterocycles. The minimum atomic E-state index is -1.27. The molecule has 0 aliphatic heterocycles. The van der Waals surface area contributed by atoms with E-state index in [9.17, 15) is 14.7 Å². The van der Waals surface area contributed by atoms with E-state index in [2.05, 4.69) is 11.4 Å².